The van der Waals surface area contributed by atoms with Gasteiger partial charge >= 0.3 is 11.9 Å². The number of aliphatic carboxylic acids is 1. The van der Waals surface area contributed by atoms with Crippen molar-refractivity contribution in [3.63, 3.8) is 0 Å². The normalized spacial score (nSPS) is 26.3. The first-order valence-corrected chi connectivity index (χ1v) is 12.8. The summed E-state index contributed by atoms with van der Waals surface area (Å²) in [5.41, 5.74) is -2.10. The van der Waals surface area contributed by atoms with E-state index in [1.807, 2.05) is 6.92 Å². The number of carbonyl (C=O) groups is 2. The van der Waals surface area contributed by atoms with Crippen molar-refractivity contribution >= 4 is 28.5 Å². The Morgan fingerprint density at radius 2 is 1.74 bits per heavy atom. The van der Waals surface area contributed by atoms with E-state index in [2.05, 4.69) is 5.32 Å². The lowest BCUT2D eigenvalue weighted by molar-refractivity contribution is -0.278. The molecule has 0 aliphatic carbocycles. The molecule has 224 valence electrons. The molecule has 3 heterocycles. The number of halogens is 3. The van der Waals surface area contributed by atoms with Gasteiger partial charge in [0.25, 0.3) is 0 Å². The average Bonchev–Trinajstić information content (AvgIpc) is 2.93. The molecule has 1 aromatic heterocycles. The van der Waals surface area contributed by atoms with E-state index in [1.54, 1.807) is 4.90 Å². The van der Waals surface area contributed by atoms with Crippen LogP contribution >= 0.6 is 0 Å². The lowest BCUT2D eigenvalue weighted by Gasteiger charge is -2.37. The number of benzene rings is 2. The maximum Gasteiger partial charge on any atom is 0.346 e. The summed E-state index contributed by atoms with van der Waals surface area (Å²) in [6.45, 7) is 3.29. The van der Waals surface area contributed by atoms with Gasteiger partial charge in [-0.3, -0.25) is 4.79 Å². The van der Waals surface area contributed by atoms with Crippen molar-refractivity contribution in [1.29, 1.82) is 0 Å². The largest absolute Gasteiger partial charge is 0.479 e. The van der Waals surface area contributed by atoms with E-state index in [1.165, 1.54) is 6.07 Å². The van der Waals surface area contributed by atoms with Crippen LogP contribution in [0.3, 0.4) is 0 Å². The van der Waals surface area contributed by atoms with Gasteiger partial charge < -0.3 is 44.7 Å². The number of esters is 1. The van der Waals surface area contributed by atoms with E-state index in [9.17, 15) is 43.6 Å². The van der Waals surface area contributed by atoms with Crippen molar-refractivity contribution in [3.05, 3.63) is 69.8 Å². The summed E-state index contributed by atoms with van der Waals surface area (Å²) in [5.74, 6) is -6.03. The van der Waals surface area contributed by atoms with E-state index < -0.39 is 71.1 Å². The topological polar surface area (TPSA) is 171 Å². The summed E-state index contributed by atoms with van der Waals surface area (Å²) in [7, 11) is 0. The lowest BCUT2D eigenvalue weighted by atomic mass is 9.99. The molecule has 15 heteroatoms. The van der Waals surface area contributed by atoms with Gasteiger partial charge in [-0.1, -0.05) is 0 Å². The molecule has 2 fully saturated rings. The summed E-state index contributed by atoms with van der Waals surface area (Å²) < 4.78 is 55.1. The predicted octanol–water partition coefficient (Wildman–Crippen LogP) is 0.255. The minimum Gasteiger partial charge on any atom is -0.479 e. The van der Waals surface area contributed by atoms with Crippen LogP contribution in [0.4, 0.5) is 18.9 Å². The highest BCUT2D eigenvalue weighted by molar-refractivity contribution is 5.95. The maximum absolute atomic E-state index is 15.4. The molecule has 0 saturated carbocycles. The molecule has 2 aromatic carbocycles. The van der Waals surface area contributed by atoms with Crippen molar-refractivity contribution in [2.45, 2.75) is 43.7 Å². The lowest BCUT2D eigenvalue weighted by Crippen LogP contribution is -2.60. The van der Waals surface area contributed by atoms with Gasteiger partial charge in [0, 0.05) is 43.3 Å². The van der Waals surface area contributed by atoms with Gasteiger partial charge in [0.15, 0.2) is 6.10 Å². The quantitative estimate of drug-likeness (QED) is 0.257. The zero-order valence-electron chi connectivity index (χ0n) is 21.9. The maximum atomic E-state index is 15.4. The highest BCUT2D eigenvalue weighted by Gasteiger charge is 2.48. The molecule has 6 atom stereocenters. The van der Waals surface area contributed by atoms with E-state index in [0.717, 1.165) is 29.0 Å². The van der Waals surface area contributed by atoms with Crippen molar-refractivity contribution in [3.8, 4) is 5.69 Å². The number of ether oxygens (including phenoxy) is 2. The number of aromatic nitrogens is 1. The molecule has 6 unspecified atom stereocenters. The van der Waals surface area contributed by atoms with Crippen LogP contribution in [-0.4, -0.2) is 93.3 Å². The molecular weight excluding hydrogens is 567 g/mol. The minimum atomic E-state index is -2.14. The van der Waals surface area contributed by atoms with Gasteiger partial charge in [0.1, 0.15) is 41.3 Å². The second kappa shape index (κ2) is 11.3. The van der Waals surface area contributed by atoms with Crippen molar-refractivity contribution in [1.82, 2.24) is 9.88 Å². The fourth-order valence-corrected chi connectivity index (χ4v) is 5.07. The van der Waals surface area contributed by atoms with Crippen LogP contribution in [0.1, 0.15) is 17.3 Å². The number of nitrogens with zero attached hydrogens (tertiary/aromatic N) is 2. The van der Waals surface area contributed by atoms with Gasteiger partial charge in [-0.25, -0.2) is 22.8 Å². The Balaban J connectivity index is 1.63. The van der Waals surface area contributed by atoms with E-state index in [4.69, 9.17) is 9.47 Å². The van der Waals surface area contributed by atoms with Gasteiger partial charge in [-0.2, -0.15) is 0 Å². The molecule has 12 nitrogen and oxygen atoms in total. The zero-order chi connectivity index (χ0) is 30.5. The van der Waals surface area contributed by atoms with Crippen LogP contribution in [-0.2, 0) is 14.3 Å². The van der Waals surface area contributed by atoms with Gasteiger partial charge in [-0.05, 0) is 31.2 Å². The number of carbonyl (C=O) groups excluding carboxylic acids is 1. The Kier molecular flexibility index (Phi) is 7.96. The molecule has 0 radical (unpaired) electrons. The van der Waals surface area contributed by atoms with Crippen LogP contribution in [0.2, 0.25) is 0 Å². The Morgan fingerprint density at radius 1 is 1.02 bits per heavy atom. The van der Waals surface area contributed by atoms with Crippen LogP contribution in [0.25, 0.3) is 16.6 Å². The predicted molar refractivity (Wildman–Crippen MR) is 139 cm³/mol. The summed E-state index contributed by atoms with van der Waals surface area (Å²) >= 11 is 0. The van der Waals surface area contributed by atoms with Crippen LogP contribution < -0.4 is 15.6 Å². The second-order valence-electron chi connectivity index (χ2n) is 10.1. The van der Waals surface area contributed by atoms with E-state index in [-0.39, 0.29) is 28.3 Å². The zero-order valence-corrected chi connectivity index (χ0v) is 21.9. The third kappa shape index (κ3) is 5.32. The number of pyridine rings is 1. The van der Waals surface area contributed by atoms with Gasteiger partial charge in [0.05, 0.1) is 16.9 Å². The highest BCUT2D eigenvalue weighted by Crippen LogP contribution is 2.29. The molecule has 2 saturated heterocycles. The Morgan fingerprint density at radius 3 is 2.40 bits per heavy atom. The smallest absolute Gasteiger partial charge is 0.346 e. The second-order valence-corrected chi connectivity index (χ2v) is 10.1. The Labute approximate surface area is 235 Å². The third-order valence-corrected chi connectivity index (χ3v) is 7.21. The van der Waals surface area contributed by atoms with Crippen LogP contribution in [0.5, 0.6) is 0 Å². The SMILES string of the molecule is CC1CN(c2cc3c(cc2F)c(=O)c(C(=O)OC2OC(C(=O)O)C(O)C(O)C2O)cn3-c2ccc(F)cc2F)CCN1. The molecule has 3 aromatic rings. The number of nitrogens with one attached hydrogen (secondary N) is 1. The average molecular weight is 594 g/mol. The number of fused-ring (bicyclic) bond motifs is 1. The van der Waals surface area contributed by atoms with E-state index in [0.29, 0.717) is 25.7 Å². The number of anilines is 1. The fraction of sp³-hybridized carbons (Fsp3) is 0.370. The molecule has 2 aliphatic heterocycles. The van der Waals surface area contributed by atoms with Crippen molar-refractivity contribution < 1.29 is 52.7 Å². The van der Waals surface area contributed by atoms with E-state index >= 15 is 4.39 Å². The Hall–Kier alpha value is -4.02. The third-order valence-electron chi connectivity index (χ3n) is 7.21. The summed E-state index contributed by atoms with van der Waals surface area (Å²) in [6.07, 6.45) is -9.64. The molecular formula is C27H26F3N3O9. The standard InChI is InChI=1S/C27H26F3N3O9/c1-11-9-32(5-4-31-11)19-8-18-13(7-16(19)30)20(34)14(10-33(18)17-3-2-12(28)6-15(17)29)26(40)42-27-23(37)21(35)22(36)24(41-27)25(38)39/h2-3,6-8,10-11,21-24,27,31,35-37H,4-5,9H2,1H3,(H,38,39). The molecule has 5 N–H and O–H groups in total. The molecule has 5 rings (SSSR count). The van der Waals surface area contributed by atoms with Crippen LogP contribution in [0, 0.1) is 17.5 Å². The molecule has 0 spiro atoms. The summed E-state index contributed by atoms with van der Waals surface area (Å²) in [4.78, 5) is 39.7. The van der Waals surface area contributed by atoms with Gasteiger partial charge in [0.2, 0.25) is 11.7 Å². The van der Waals surface area contributed by atoms with Gasteiger partial charge in [-0.15, -0.1) is 0 Å². The number of piperazine rings is 1. The number of hydrogen-bond acceptors (Lipinski definition) is 10. The monoisotopic (exact) mass is 593 g/mol. The first-order chi connectivity index (χ1) is 19.9. The Bertz CT molecular complexity index is 1620. The first kappa shape index (κ1) is 29.5. The molecule has 2 aliphatic rings. The van der Waals surface area contributed by atoms with Crippen molar-refractivity contribution in [2.75, 3.05) is 24.5 Å². The first-order valence-electron chi connectivity index (χ1n) is 12.8. The number of carboxylic acids is 1. The molecule has 0 amide bonds. The van der Waals surface area contributed by atoms with Crippen molar-refractivity contribution in [2.24, 2.45) is 0 Å². The summed E-state index contributed by atoms with van der Waals surface area (Å²) in [5, 5.41) is 42.2. The number of aliphatic hydroxyl groups is 3. The fourth-order valence-electron chi connectivity index (χ4n) is 5.07. The summed E-state index contributed by atoms with van der Waals surface area (Å²) in [6, 6.07) is 4.76. The molecule has 42 heavy (non-hydrogen) atoms. The number of aliphatic hydroxyl groups excluding tert-OH is 3. The number of carboxylic acid groups (broad SMARTS) is 1. The number of hydrogen-bond donors (Lipinski definition) is 5. The van der Waals surface area contributed by atoms with Crippen LogP contribution in [0.15, 0.2) is 41.3 Å². The number of rotatable bonds is 5. The molecule has 0 bridgehead atoms. The minimum absolute atomic E-state index is 0.0143. The highest BCUT2D eigenvalue weighted by atomic mass is 19.1.